The maximum absolute atomic E-state index is 13.0. The summed E-state index contributed by atoms with van der Waals surface area (Å²) >= 11 is 12.4. The first kappa shape index (κ1) is 20.9. The van der Waals surface area contributed by atoms with Crippen molar-refractivity contribution in [2.75, 3.05) is 12.4 Å². The molecule has 6 nitrogen and oxygen atoms in total. The minimum absolute atomic E-state index is 0.00473. The first-order valence-corrected chi connectivity index (χ1v) is 10.2. The Morgan fingerprint density at radius 1 is 1.03 bits per heavy atom. The molecule has 1 amide bonds. The molecule has 0 aliphatic carbocycles. The number of halogens is 2. The van der Waals surface area contributed by atoms with Gasteiger partial charge in [0.25, 0.3) is 5.91 Å². The highest BCUT2D eigenvalue weighted by atomic mass is 35.5. The number of carbonyl (C=O) groups excluding carboxylic acids is 1. The van der Waals surface area contributed by atoms with E-state index in [2.05, 4.69) is 15.4 Å². The van der Waals surface area contributed by atoms with E-state index in [0.29, 0.717) is 27.3 Å². The monoisotopic (exact) mass is 452 g/mol. The van der Waals surface area contributed by atoms with E-state index in [1.54, 1.807) is 30.0 Å². The number of amides is 1. The van der Waals surface area contributed by atoms with E-state index in [-0.39, 0.29) is 5.82 Å². The fourth-order valence-electron chi connectivity index (χ4n) is 3.09. The van der Waals surface area contributed by atoms with Gasteiger partial charge in [-0.15, -0.1) is 5.10 Å². The van der Waals surface area contributed by atoms with Crippen LogP contribution in [0.15, 0.2) is 66.7 Å². The Morgan fingerprint density at radius 3 is 2.45 bits per heavy atom. The highest BCUT2D eigenvalue weighted by molar-refractivity contribution is 6.34. The summed E-state index contributed by atoms with van der Waals surface area (Å²) in [5.41, 5.74) is 2.81. The van der Waals surface area contributed by atoms with Crippen LogP contribution in [-0.2, 0) is 0 Å². The van der Waals surface area contributed by atoms with Crippen LogP contribution in [0.25, 0.3) is 17.1 Å². The van der Waals surface area contributed by atoms with Crippen molar-refractivity contribution < 1.29 is 9.53 Å². The van der Waals surface area contributed by atoms with Gasteiger partial charge in [0.1, 0.15) is 5.75 Å². The number of hydrogen-bond donors (Lipinski definition) is 1. The fourth-order valence-corrected chi connectivity index (χ4v) is 3.55. The van der Waals surface area contributed by atoms with Gasteiger partial charge in [-0.25, -0.2) is 9.67 Å². The molecule has 0 atom stereocenters. The number of rotatable bonds is 5. The van der Waals surface area contributed by atoms with E-state index in [9.17, 15) is 4.79 Å². The van der Waals surface area contributed by atoms with Crippen LogP contribution in [0.2, 0.25) is 10.0 Å². The third kappa shape index (κ3) is 4.40. The second-order valence-corrected chi connectivity index (χ2v) is 7.61. The molecular weight excluding hydrogens is 435 g/mol. The van der Waals surface area contributed by atoms with Crippen LogP contribution in [-0.4, -0.2) is 27.8 Å². The average Bonchev–Trinajstić information content (AvgIpc) is 3.22. The zero-order valence-corrected chi connectivity index (χ0v) is 18.3. The van der Waals surface area contributed by atoms with Gasteiger partial charge < -0.3 is 10.1 Å². The number of aryl methyl sites for hydroxylation is 1. The number of benzene rings is 3. The van der Waals surface area contributed by atoms with E-state index in [4.69, 9.17) is 27.9 Å². The summed E-state index contributed by atoms with van der Waals surface area (Å²) in [5, 5.41) is 8.27. The highest BCUT2D eigenvalue weighted by Crippen LogP contribution is 2.27. The number of hydrogen-bond acceptors (Lipinski definition) is 4. The van der Waals surface area contributed by atoms with Crippen LogP contribution in [0.4, 0.5) is 5.69 Å². The molecule has 0 aliphatic rings. The Morgan fingerprint density at radius 2 is 1.77 bits per heavy atom. The molecule has 0 spiro atoms. The van der Waals surface area contributed by atoms with Gasteiger partial charge in [0.15, 0.2) is 5.82 Å². The molecule has 0 aliphatic heterocycles. The van der Waals surface area contributed by atoms with Crippen LogP contribution in [0.5, 0.6) is 5.75 Å². The molecule has 8 heteroatoms. The normalized spacial score (nSPS) is 10.7. The van der Waals surface area contributed by atoms with Crippen molar-refractivity contribution in [3.05, 3.63) is 88.2 Å². The maximum Gasteiger partial charge on any atom is 0.295 e. The predicted molar refractivity (Wildman–Crippen MR) is 122 cm³/mol. The molecule has 0 fully saturated rings. The lowest BCUT2D eigenvalue weighted by Gasteiger charge is -2.08. The van der Waals surface area contributed by atoms with E-state index < -0.39 is 5.91 Å². The van der Waals surface area contributed by atoms with Crippen molar-refractivity contribution in [2.45, 2.75) is 6.92 Å². The quantitative estimate of drug-likeness (QED) is 0.414. The Bertz CT molecular complexity index is 1230. The van der Waals surface area contributed by atoms with Crippen LogP contribution in [0.1, 0.15) is 16.2 Å². The molecule has 0 bridgehead atoms. The molecule has 0 saturated carbocycles. The SMILES string of the molecule is COc1ccc(-n2nc(C(=O)Nc3c(C)cccc3Cl)nc2-c2cccc(Cl)c2)cc1. The van der Waals surface area contributed by atoms with E-state index in [1.807, 2.05) is 55.5 Å². The van der Waals surface area contributed by atoms with E-state index >= 15 is 0 Å². The van der Waals surface area contributed by atoms with Crippen molar-refractivity contribution >= 4 is 34.8 Å². The van der Waals surface area contributed by atoms with Crippen molar-refractivity contribution in [1.29, 1.82) is 0 Å². The molecule has 0 unspecified atom stereocenters. The summed E-state index contributed by atoms with van der Waals surface area (Å²) in [4.78, 5) is 17.5. The van der Waals surface area contributed by atoms with Gasteiger partial charge >= 0.3 is 0 Å². The molecule has 0 radical (unpaired) electrons. The molecule has 31 heavy (non-hydrogen) atoms. The first-order chi connectivity index (χ1) is 15.0. The number of para-hydroxylation sites is 1. The predicted octanol–water partition coefficient (Wildman–Crippen LogP) is 5.81. The van der Waals surface area contributed by atoms with Crippen molar-refractivity contribution in [1.82, 2.24) is 14.8 Å². The number of anilines is 1. The van der Waals surface area contributed by atoms with Crippen molar-refractivity contribution in [3.63, 3.8) is 0 Å². The van der Waals surface area contributed by atoms with Gasteiger partial charge in [-0.05, 0) is 55.0 Å². The standard InChI is InChI=1S/C23H18Cl2N4O2/c1-14-5-3-8-19(25)20(14)26-23(30)21-27-22(15-6-4-7-16(24)13-15)29(28-21)17-9-11-18(31-2)12-10-17/h3-13H,1-2H3,(H,26,30). The molecule has 4 rings (SSSR count). The molecule has 1 heterocycles. The fraction of sp³-hybridized carbons (Fsp3) is 0.0870. The third-order valence-electron chi connectivity index (χ3n) is 4.67. The van der Waals surface area contributed by atoms with Crippen molar-refractivity contribution in [3.8, 4) is 22.8 Å². The summed E-state index contributed by atoms with van der Waals surface area (Å²) in [5.74, 6) is 0.728. The molecule has 3 aromatic carbocycles. The third-order valence-corrected chi connectivity index (χ3v) is 5.22. The van der Waals surface area contributed by atoms with Gasteiger partial charge in [0.2, 0.25) is 5.82 Å². The molecule has 1 N–H and O–H groups in total. The Balaban J connectivity index is 1.78. The number of carbonyl (C=O) groups is 1. The van der Waals surface area contributed by atoms with Gasteiger partial charge in [-0.1, -0.05) is 47.5 Å². The van der Waals surface area contributed by atoms with E-state index in [1.165, 1.54) is 0 Å². The van der Waals surface area contributed by atoms with Crippen LogP contribution < -0.4 is 10.1 Å². The number of nitrogens with one attached hydrogen (secondary N) is 1. The van der Waals surface area contributed by atoms with Gasteiger partial charge in [0, 0.05) is 10.6 Å². The number of aromatic nitrogens is 3. The second kappa shape index (κ2) is 8.79. The minimum Gasteiger partial charge on any atom is -0.497 e. The Labute approximate surface area is 189 Å². The number of nitrogens with zero attached hydrogens (tertiary/aromatic N) is 3. The molecular formula is C23H18Cl2N4O2. The van der Waals surface area contributed by atoms with Crippen molar-refractivity contribution in [2.24, 2.45) is 0 Å². The zero-order chi connectivity index (χ0) is 22.0. The smallest absolute Gasteiger partial charge is 0.295 e. The van der Waals surface area contributed by atoms with Crippen LogP contribution in [0, 0.1) is 6.92 Å². The first-order valence-electron chi connectivity index (χ1n) is 9.40. The molecule has 0 saturated heterocycles. The summed E-state index contributed by atoms with van der Waals surface area (Å²) in [7, 11) is 1.60. The topological polar surface area (TPSA) is 69.0 Å². The molecule has 4 aromatic rings. The maximum atomic E-state index is 13.0. The van der Waals surface area contributed by atoms with E-state index in [0.717, 1.165) is 16.8 Å². The lowest BCUT2D eigenvalue weighted by atomic mass is 10.2. The summed E-state index contributed by atoms with van der Waals surface area (Å²) in [6.07, 6.45) is 0. The number of ether oxygens (including phenoxy) is 1. The van der Waals surface area contributed by atoms with Crippen LogP contribution >= 0.6 is 23.2 Å². The Hall–Kier alpha value is -3.35. The van der Waals surface area contributed by atoms with Gasteiger partial charge in [0.05, 0.1) is 23.5 Å². The highest BCUT2D eigenvalue weighted by Gasteiger charge is 2.20. The summed E-state index contributed by atoms with van der Waals surface area (Å²) in [6, 6.07) is 19.9. The molecule has 156 valence electrons. The molecule has 1 aromatic heterocycles. The number of methoxy groups -OCH3 is 1. The Kier molecular flexibility index (Phi) is 5.93. The van der Waals surface area contributed by atoms with Gasteiger partial charge in [-0.3, -0.25) is 4.79 Å². The largest absolute Gasteiger partial charge is 0.497 e. The summed E-state index contributed by atoms with van der Waals surface area (Å²) in [6.45, 7) is 1.86. The second-order valence-electron chi connectivity index (χ2n) is 6.77. The van der Waals surface area contributed by atoms with Gasteiger partial charge in [-0.2, -0.15) is 0 Å². The zero-order valence-electron chi connectivity index (χ0n) is 16.8. The lowest BCUT2D eigenvalue weighted by Crippen LogP contribution is -2.15. The minimum atomic E-state index is -0.466. The summed E-state index contributed by atoms with van der Waals surface area (Å²) < 4.78 is 6.83. The lowest BCUT2D eigenvalue weighted by molar-refractivity contribution is 0.101. The average molecular weight is 453 g/mol. The van der Waals surface area contributed by atoms with Crippen LogP contribution in [0.3, 0.4) is 0 Å².